The average molecular weight is 809 g/mol. The summed E-state index contributed by atoms with van der Waals surface area (Å²) in [6, 6.07) is 13.4. The maximum absolute atomic E-state index is 15.4. The minimum Gasteiger partial charge on any atom is -0.489 e. The van der Waals surface area contributed by atoms with Gasteiger partial charge < -0.3 is 20.3 Å². The molecule has 6 rings (SSSR count). The van der Waals surface area contributed by atoms with Gasteiger partial charge in [0.05, 0.1) is 29.4 Å². The normalized spacial score (nSPS) is 19.0. The Hall–Kier alpha value is -5.64. The molecule has 0 spiro atoms. The summed E-state index contributed by atoms with van der Waals surface area (Å²) in [4.78, 5) is 56.5. The summed E-state index contributed by atoms with van der Waals surface area (Å²) in [6.45, 7) is 8.30. The first-order valence-electron chi connectivity index (χ1n) is 18.1. The first-order valence-corrected chi connectivity index (χ1v) is 18.5. The first kappa shape index (κ1) is 41.0. The minimum absolute atomic E-state index is 0.0336. The zero-order chi connectivity index (χ0) is 41.2. The van der Waals surface area contributed by atoms with Gasteiger partial charge >= 0.3 is 6.18 Å². The van der Waals surface area contributed by atoms with Crippen LogP contribution in [-0.4, -0.2) is 96.0 Å². The van der Waals surface area contributed by atoms with Crippen LogP contribution in [0.25, 0.3) is 0 Å². The van der Waals surface area contributed by atoms with E-state index in [2.05, 4.69) is 20.9 Å². The highest BCUT2D eigenvalue weighted by Gasteiger charge is 2.51. The summed E-state index contributed by atoms with van der Waals surface area (Å²) in [5, 5.41) is 17.4. The highest BCUT2D eigenvalue weighted by Crippen LogP contribution is 2.40. The smallest absolute Gasteiger partial charge is 0.417 e. The lowest BCUT2D eigenvalue weighted by Gasteiger charge is -2.34. The maximum atomic E-state index is 15.4. The molecule has 1 atom stereocenters. The van der Waals surface area contributed by atoms with Crippen molar-refractivity contribution in [1.29, 1.82) is 5.26 Å². The van der Waals surface area contributed by atoms with Gasteiger partial charge in [0.25, 0.3) is 5.91 Å². The largest absolute Gasteiger partial charge is 0.489 e. The number of alkyl halides is 3. The van der Waals surface area contributed by atoms with Crippen LogP contribution in [0.2, 0.25) is 0 Å². The van der Waals surface area contributed by atoms with Crippen molar-refractivity contribution in [3.05, 3.63) is 77.1 Å². The summed E-state index contributed by atoms with van der Waals surface area (Å²) >= 11 is 5.55. The zero-order valence-corrected chi connectivity index (χ0v) is 32.2. The summed E-state index contributed by atoms with van der Waals surface area (Å²) in [5.74, 6) is -2.26. The number of hydrogen-bond donors (Lipinski definition) is 3. The van der Waals surface area contributed by atoms with Gasteiger partial charge in [0.2, 0.25) is 17.7 Å². The number of benzene rings is 3. The van der Waals surface area contributed by atoms with E-state index in [0.717, 1.165) is 22.6 Å². The second kappa shape index (κ2) is 16.5. The van der Waals surface area contributed by atoms with E-state index in [9.17, 15) is 37.6 Å². The van der Waals surface area contributed by atoms with Crippen molar-refractivity contribution in [2.45, 2.75) is 51.4 Å². The second-order valence-corrected chi connectivity index (χ2v) is 14.9. The van der Waals surface area contributed by atoms with E-state index in [1.54, 1.807) is 6.07 Å². The van der Waals surface area contributed by atoms with E-state index in [1.807, 2.05) is 24.0 Å². The Labute approximate surface area is 331 Å². The van der Waals surface area contributed by atoms with Gasteiger partial charge in [0.15, 0.2) is 16.7 Å². The van der Waals surface area contributed by atoms with Gasteiger partial charge in [-0.1, -0.05) is 0 Å². The molecule has 1 unspecified atom stereocenters. The van der Waals surface area contributed by atoms with Gasteiger partial charge in [0.1, 0.15) is 18.2 Å². The number of halogens is 4. The molecule has 0 aromatic heterocycles. The topological polar surface area (TPSA) is 150 Å². The van der Waals surface area contributed by atoms with Crippen LogP contribution in [0.3, 0.4) is 0 Å². The minimum atomic E-state index is -4.84. The number of piperazine rings is 1. The Balaban J connectivity index is 0.983. The van der Waals surface area contributed by atoms with Crippen molar-refractivity contribution >= 4 is 63.7 Å². The fraction of sp³-hybridized carbons (Fsp3) is 0.385. The Bertz CT molecular complexity index is 2150. The molecular formula is C39H40F4N8O5S. The average Bonchev–Trinajstić information content (AvgIpc) is 3.31. The number of ether oxygens (including phenoxy) is 1. The molecule has 300 valence electrons. The van der Waals surface area contributed by atoms with Crippen LogP contribution >= 0.6 is 12.2 Å². The molecule has 0 aliphatic carbocycles. The van der Waals surface area contributed by atoms with Gasteiger partial charge in [-0.2, -0.15) is 18.4 Å². The van der Waals surface area contributed by atoms with Gasteiger partial charge in [0, 0.05) is 62.3 Å². The number of amides is 4. The number of nitrogens with one attached hydrogen (secondary N) is 3. The third kappa shape index (κ3) is 9.17. The Morgan fingerprint density at radius 1 is 1.00 bits per heavy atom. The predicted molar refractivity (Wildman–Crippen MR) is 207 cm³/mol. The Morgan fingerprint density at radius 3 is 2.35 bits per heavy atom. The van der Waals surface area contributed by atoms with Gasteiger partial charge in [-0.15, -0.1) is 0 Å². The third-order valence-electron chi connectivity index (χ3n) is 9.97. The zero-order valence-electron chi connectivity index (χ0n) is 31.3. The number of nitrogens with zero attached hydrogens (tertiary/aromatic N) is 5. The highest BCUT2D eigenvalue weighted by molar-refractivity contribution is 7.81. The fourth-order valence-corrected chi connectivity index (χ4v) is 7.56. The van der Waals surface area contributed by atoms with Crippen LogP contribution < -0.4 is 30.5 Å². The molecule has 3 aromatic carbocycles. The molecule has 0 radical (unpaired) electrons. The van der Waals surface area contributed by atoms with Crippen LogP contribution in [0, 0.1) is 24.1 Å². The number of imide groups is 1. The molecule has 0 bridgehead atoms. The molecule has 0 saturated carbocycles. The number of hydrogen-bond acceptors (Lipinski definition) is 10. The van der Waals surface area contributed by atoms with Crippen LogP contribution in [0.5, 0.6) is 5.75 Å². The number of anilines is 4. The maximum Gasteiger partial charge on any atom is 0.417 e. The van der Waals surface area contributed by atoms with E-state index in [4.69, 9.17) is 17.0 Å². The van der Waals surface area contributed by atoms with E-state index < -0.39 is 40.6 Å². The number of thiocarbonyl (C=S) groups is 1. The van der Waals surface area contributed by atoms with E-state index in [0.29, 0.717) is 56.6 Å². The van der Waals surface area contributed by atoms with Crippen molar-refractivity contribution in [2.75, 3.05) is 66.3 Å². The fourth-order valence-electron chi connectivity index (χ4n) is 7.04. The van der Waals surface area contributed by atoms with Crippen molar-refractivity contribution in [1.82, 2.24) is 15.1 Å². The molecule has 3 aliphatic rings. The monoisotopic (exact) mass is 808 g/mol. The molecule has 4 amide bonds. The molecule has 3 N–H and O–H groups in total. The molecule has 3 saturated heterocycles. The SMILES string of the molecule is Cc1cc(NC(=O)CN2CCN(CCOc3ccc(N4C(=S)N(c5ccc(C#N)c(C(F)(F)F)c5)C(=O)C4(C)C)cc3F)CC2)cc(NC2CCC(=O)NC2=O)c1. The van der Waals surface area contributed by atoms with E-state index in [-0.39, 0.29) is 59.5 Å². The van der Waals surface area contributed by atoms with Crippen LogP contribution in [0.1, 0.15) is 43.4 Å². The van der Waals surface area contributed by atoms with E-state index >= 15 is 4.39 Å². The van der Waals surface area contributed by atoms with Crippen LogP contribution in [-0.2, 0) is 25.4 Å². The van der Waals surface area contributed by atoms with Gasteiger partial charge in [-0.25, -0.2) is 4.39 Å². The predicted octanol–water partition coefficient (Wildman–Crippen LogP) is 4.79. The molecule has 3 aromatic rings. The van der Waals surface area contributed by atoms with Crippen molar-refractivity contribution in [2.24, 2.45) is 0 Å². The summed E-state index contributed by atoms with van der Waals surface area (Å²) in [7, 11) is 0. The number of nitriles is 1. The third-order valence-corrected chi connectivity index (χ3v) is 10.3. The van der Waals surface area contributed by atoms with Crippen molar-refractivity contribution in [3.8, 4) is 11.8 Å². The Kier molecular flexibility index (Phi) is 11.8. The molecule has 3 fully saturated rings. The molecule has 3 heterocycles. The summed E-state index contributed by atoms with van der Waals surface area (Å²) < 4.78 is 62.2. The van der Waals surface area contributed by atoms with E-state index in [1.165, 1.54) is 43.0 Å². The van der Waals surface area contributed by atoms with Crippen molar-refractivity contribution < 1.29 is 41.5 Å². The summed E-state index contributed by atoms with van der Waals surface area (Å²) in [5.41, 5.74) is -1.04. The molecular weight excluding hydrogens is 769 g/mol. The molecule has 18 heteroatoms. The second-order valence-electron chi connectivity index (χ2n) is 14.5. The summed E-state index contributed by atoms with van der Waals surface area (Å²) in [6.07, 6.45) is -4.21. The van der Waals surface area contributed by atoms with Gasteiger partial charge in [-0.3, -0.25) is 39.2 Å². The quantitative estimate of drug-likeness (QED) is 0.139. The van der Waals surface area contributed by atoms with Crippen LogP contribution in [0.15, 0.2) is 54.6 Å². The number of aryl methyl sites for hydroxylation is 1. The van der Waals surface area contributed by atoms with Crippen molar-refractivity contribution in [3.63, 3.8) is 0 Å². The molecule has 57 heavy (non-hydrogen) atoms. The number of rotatable bonds is 11. The van der Waals surface area contributed by atoms with Crippen LogP contribution in [0.4, 0.5) is 40.3 Å². The number of carbonyl (C=O) groups excluding carboxylic acids is 4. The highest BCUT2D eigenvalue weighted by atomic mass is 32.1. The standard InChI is InChI=1S/C39H40F4N8O5S/c1-23-16-25(45-31-7-9-33(52)47-35(31)54)18-26(17-23)46-34(53)22-49-12-10-48(11-13-49)14-15-56-32-8-6-28(20-30(32)40)51-37(57)50(36(55)38(51,2)3)27-5-4-24(21-44)29(19-27)39(41,42)43/h4-6,8,16-20,31,45H,7,9-15,22H2,1-3H3,(H,46,53)(H,47,52,54). The number of piperidine rings is 1. The Morgan fingerprint density at radius 2 is 1.68 bits per heavy atom. The molecule has 13 nitrogen and oxygen atoms in total. The molecule has 3 aliphatic heterocycles. The number of carbonyl (C=O) groups is 4. The lowest BCUT2D eigenvalue weighted by molar-refractivity contribution is -0.138. The lowest BCUT2D eigenvalue weighted by Crippen LogP contribution is -2.49. The van der Waals surface area contributed by atoms with Gasteiger partial charge in [-0.05, 0) is 93.5 Å². The lowest BCUT2D eigenvalue weighted by atomic mass is 10.0. The first-order chi connectivity index (χ1) is 26.9.